The molecule has 1 atom stereocenters. The summed E-state index contributed by atoms with van der Waals surface area (Å²) < 4.78 is 0. The highest BCUT2D eigenvalue weighted by Crippen LogP contribution is 2.36. The predicted octanol–water partition coefficient (Wildman–Crippen LogP) is 1.01. The molecule has 1 aromatic rings. The van der Waals surface area contributed by atoms with Crippen molar-refractivity contribution in [3.05, 3.63) is 27.5 Å². The first kappa shape index (κ1) is 10.7. The van der Waals surface area contributed by atoms with Gasteiger partial charge in [0.05, 0.1) is 11.6 Å². The van der Waals surface area contributed by atoms with Crippen LogP contribution in [0.1, 0.15) is 42.2 Å². The number of nitrogens with one attached hydrogen (secondary N) is 1. The van der Waals surface area contributed by atoms with Gasteiger partial charge in [0, 0.05) is 18.2 Å². The Morgan fingerprint density at radius 1 is 1.50 bits per heavy atom. The van der Waals surface area contributed by atoms with Crippen LogP contribution in [0.4, 0.5) is 0 Å². The van der Waals surface area contributed by atoms with Gasteiger partial charge in [-0.1, -0.05) is 6.92 Å². The Labute approximate surface area is 92.7 Å². The monoisotopic (exact) mass is 222 g/mol. The van der Waals surface area contributed by atoms with E-state index in [1.807, 2.05) is 13.8 Å². The Morgan fingerprint density at radius 2 is 2.19 bits per heavy atom. The summed E-state index contributed by atoms with van der Waals surface area (Å²) in [7, 11) is 0. The standard InChI is InChI=1S/C11H14N2O3/c1-3-4-13-6(2)9-7(11(13)16)5-8(14)12-10(9)15/h5-6H,3-4H2,1-2H3,(H2,12,14,15)/t6-/m0/s1. The first-order valence-corrected chi connectivity index (χ1v) is 5.33. The number of fused-ring (bicyclic) bond motifs is 1. The molecule has 0 bridgehead atoms. The Bertz CT molecular complexity index is 492. The number of amides is 1. The van der Waals surface area contributed by atoms with E-state index in [0.717, 1.165) is 6.42 Å². The van der Waals surface area contributed by atoms with E-state index < -0.39 is 5.56 Å². The second kappa shape index (κ2) is 3.66. The second-order valence-corrected chi connectivity index (χ2v) is 3.98. The van der Waals surface area contributed by atoms with Gasteiger partial charge in [0.25, 0.3) is 11.5 Å². The molecular formula is C11H14N2O3. The summed E-state index contributed by atoms with van der Waals surface area (Å²) in [6, 6.07) is 1.07. The first-order valence-electron chi connectivity index (χ1n) is 5.33. The Morgan fingerprint density at radius 3 is 2.81 bits per heavy atom. The lowest BCUT2D eigenvalue weighted by molar-refractivity contribution is 0.0737. The quantitative estimate of drug-likeness (QED) is 0.784. The molecule has 86 valence electrons. The molecule has 2 rings (SSSR count). The number of H-pyrrole nitrogens is 1. The number of aromatic nitrogens is 1. The van der Waals surface area contributed by atoms with E-state index in [9.17, 15) is 14.7 Å². The number of rotatable bonds is 2. The van der Waals surface area contributed by atoms with Gasteiger partial charge >= 0.3 is 0 Å². The molecule has 0 radical (unpaired) electrons. The second-order valence-electron chi connectivity index (χ2n) is 3.98. The maximum Gasteiger partial charge on any atom is 0.255 e. The smallest absolute Gasteiger partial charge is 0.255 e. The van der Waals surface area contributed by atoms with Gasteiger partial charge in [-0.25, -0.2) is 0 Å². The average molecular weight is 222 g/mol. The third kappa shape index (κ3) is 1.39. The Kier molecular flexibility index (Phi) is 2.46. The zero-order chi connectivity index (χ0) is 11.9. The van der Waals surface area contributed by atoms with Crippen LogP contribution >= 0.6 is 0 Å². The normalized spacial score (nSPS) is 19.0. The molecule has 16 heavy (non-hydrogen) atoms. The van der Waals surface area contributed by atoms with Gasteiger partial charge in [-0.3, -0.25) is 14.6 Å². The molecule has 0 saturated carbocycles. The fraction of sp³-hybridized carbons (Fsp3) is 0.455. The highest BCUT2D eigenvalue weighted by molar-refractivity contribution is 5.99. The van der Waals surface area contributed by atoms with Gasteiger partial charge in [0.1, 0.15) is 0 Å². The maximum atomic E-state index is 12.0. The molecule has 0 aliphatic carbocycles. The number of aromatic amines is 1. The molecule has 5 heteroatoms. The topological polar surface area (TPSA) is 73.4 Å². The van der Waals surface area contributed by atoms with Crippen molar-refractivity contribution in [3.8, 4) is 5.88 Å². The van der Waals surface area contributed by atoms with Crippen molar-refractivity contribution >= 4 is 5.91 Å². The lowest BCUT2D eigenvalue weighted by Gasteiger charge is -2.20. The van der Waals surface area contributed by atoms with Crippen molar-refractivity contribution in [1.82, 2.24) is 9.88 Å². The zero-order valence-corrected chi connectivity index (χ0v) is 9.28. The summed E-state index contributed by atoms with van der Waals surface area (Å²) >= 11 is 0. The van der Waals surface area contributed by atoms with E-state index in [1.165, 1.54) is 6.07 Å². The van der Waals surface area contributed by atoms with Crippen LogP contribution in [0, 0.1) is 0 Å². The van der Waals surface area contributed by atoms with Crippen LogP contribution in [0.3, 0.4) is 0 Å². The van der Waals surface area contributed by atoms with Gasteiger partial charge in [0.2, 0.25) is 0 Å². The lowest BCUT2D eigenvalue weighted by atomic mass is 10.1. The fourth-order valence-electron chi connectivity index (χ4n) is 2.18. The summed E-state index contributed by atoms with van der Waals surface area (Å²) in [5.41, 5.74) is 0.399. The molecule has 0 fully saturated rings. The first-order chi connectivity index (χ1) is 7.56. The third-order valence-electron chi connectivity index (χ3n) is 2.90. The highest BCUT2D eigenvalue weighted by atomic mass is 16.3. The van der Waals surface area contributed by atoms with E-state index in [0.29, 0.717) is 17.7 Å². The average Bonchev–Trinajstić information content (AvgIpc) is 2.43. The van der Waals surface area contributed by atoms with E-state index in [2.05, 4.69) is 4.98 Å². The molecule has 0 aromatic carbocycles. The van der Waals surface area contributed by atoms with E-state index >= 15 is 0 Å². The predicted molar refractivity (Wildman–Crippen MR) is 58.5 cm³/mol. The Hall–Kier alpha value is -1.78. The van der Waals surface area contributed by atoms with Gasteiger partial charge in [-0.05, 0) is 13.3 Å². The van der Waals surface area contributed by atoms with Crippen molar-refractivity contribution in [1.29, 1.82) is 0 Å². The van der Waals surface area contributed by atoms with Crippen molar-refractivity contribution < 1.29 is 9.90 Å². The summed E-state index contributed by atoms with van der Waals surface area (Å²) in [6.07, 6.45) is 0.846. The molecule has 1 aromatic heterocycles. The van der Waals surface area contributed by atoms with Gasteiger partial charge in [0.15, 0.2) is 5.88 Å². The molecule has 2 N–H and O–H groups in total. The van der Waals surface area contributed by atoms with E-state index in [-0.39, 0.29) is 17.8 Å². The van der Waals surface area contributed by atoms with Crippen molar-refractivity contribution in [3.63, 3.8) is 0 Å². The molecule has 1 aliphatic rings. The lowest BCUT2D eigenvalue weighted by Crippen LogP contribution is -2.27. The summed E-state index contributed by atoms with van der Waals surface area (Å²) in [6.45, 7) is 4.45. The minimum Gasteiger partial charge on any atom is -0.494 e. The largest absolute Gasteiger partial charge is 0.494 e. The molecule has 2 heterocycles. The number of hydrogen-bond acceptors (Lipinski definition) is 3. The number of aromatic hydroxyl groups is 1. The van der Waals surface area contributed by atoms with Gasteiger partial charge in [-0.15, -0.1) is 0 Å². The van der Waals surface area contributed by atoms with E-state index in [1.54, 1.807) is 4.90 Å². The number of carbonyl (C=O) groups is 1. The van der Waals surface area contributed by atoms with Crippen LogP contribution in [0.2, 0.25) is 0 Å². The Balaban J connectivity index is 2.55. The van der Waals surface area contributed by atoms with Crippen LogP contribution in [-0.4, -0.2) is 27.4 Å². The molecule has 0 saturated heterocycles. The van der Waals surface area contributed by atoms with Crippen molar-refractivity contribution in [2.45, 2.75) is 26.3 Å². The molecular weight excluding hydrogens is 208 g/mol. The summed E-state index contributed by atoms with van der Waals surface area (Å²) in [5, 5.41) is 9.65. The number of pyridine rings is 1. The maximum absolute atomic E-state index is 12.0. The van der Waals surface area contributed by atoms with Gasteiger partial charge in [-0.2, -0.15) is 0 Å². The minimum absolute atomic E-state index is 0.175. The van der Waals surface area contributed by atoms with E-state index in [4.69, 9.17) is 0 Å². The number of nitrogens with zero attached hydrogens (tertiary/aromatic N) is 1. The number of hydrogen-bond donors (Lipinski definition) is 2. The molecule has 0 unspecified atom stereocenters. The zero-order valence-electron chi connectivity index (χ0n) is 9.28. The molecule has 0 spiro atoms. The van der Waals surface area contributed by atoms with Crippen LogP contribution in [0.25, 0.3) is 0 Å². The SMILES string of the molecule is CCCN1C(=O)c2cc(=O)[nH]c(O)c2[C@@H]1C. The van der Waals surface area contributed by atoms with Crippen LogP contribution in [0.5, 0.6) is 5.88 Å². The third-order valence-corrected chi connectivity index (χ3v) is 2.90. The minimum atomic E-state index is -0.449. The van der Waals surface area contributed by atoms with Crippen LogP contribution in [0.15, 0.2) is 10.9 Å². The molecule has 1 aliphatic heterocycles. The fourth-order valence-corrected chi connectivity index (χ4v) is 2.18. The van der Waals surface area contributed by atoms with Crippen molar-refractivity contribution in [2.24, 2.45) is 0 Å². The van der Waals surface area contributed by atoms with Crippen LogP contribution in [-0.2, 0) is 0 Å². The molecule has 1 amide bonds. The molecule has 5 nitrogen and oxygen atoms in total. The summed E-state index contributed by atoms with van der Waals surface area (Å²) in [5.74, 6) is -0.368. The van der Waals surface area contributed by atoms with Gasteiger partial charge < -0.3 is 10.0 Å². The number of carbonyl (C=O) groups excluding carboxylic acids is 1. The highest BCUT2D eigenvalue weighted by Gasteiger charge is 2.36. The van der Waals surface area contributed by atoms with Crippen LogP contribution < -0.4 is 5.56 Å². The van der Waals surface area contributed by atoms with Crippen molar-refractivity contribution in [2.75, 3.05) is 6.54 Å². The summed E-state index contributed by atoms with van der Waals surface area (Å²) in [4.78, 5) is 27.1.